The number of nitrogens with one attached hydrogen (secondary N) is 1. The number of likely N-dealkylation sites (tertiary alicyclic amines) is 1. The van der Waals surface area contributed by atoms with E-state index < -0.39 is 0 Å². The molecule has 1 N–H and O–H groups in total. The van der Waals surface area contributed by atoms with E-state index in [0.717, 1.165) is 24.8 Å². The van der Waals surface area contributed by atoms with Crippen molar-refractivity contribution < 1.29 is 14.1 Å². The summed E-state index contributed by atoms with van der Waals surface area (Å²) in [5.74, 6) is 0.777. The van der Waals surface area contributed by atoms with Crippen molar-refractivity contribution in [1.82, 2.24) is 15.4 Å². The Labute approximate surface area is 165 Å². The Hall–Kier alpha value is -2.63. The van der Waals surface area contributed by atoms with Gasteiger partial charge in [0.15, 0.2) is 0 Å². The fourth-order valence-corrected chi connectivity index (χ4v) is 4.67. The highest BCUT2D eigenvalue weighted by molar-refractivity contribution is 5.97. The minimum Gasteiger partial charge on any atom is -0.360 e. The monoisotopic (exact) mass is 381 g/mol. The van der Waals surface area contributed by atoms with Crippen LogP contribution in [0.3, 0.4) is 0 Å². The number of fused-ring (bicyclic) bond motifs is 1. The van der Waals surface area contributed by atoms with Gasteiger partial charge in [0.25, 0.3) is 5.91 Å². The molecule has 2 aliphatic rings. The number of carbonyl (C=O) groups is 2. The molecule has 6 nitrogen and oxygen atoms in total. The number of hydrogen-bond acceptors (Lipinski definition) is 4. The van der Waals surface area contributed by atoms with Crippen LogP contribution in [0.15, 0.2) is 34.9 Å². The molecule has 3 heterocycles. The highest BCUT2D eigenvalue weighted by atomic mass is 16.5. The zero-order chi connectivity index (χ0) is 19.7. The molecular formula is C22H27N3O3. The maximum Gasteiger partial charge on any atom is 0.259 e. The molecule has 0 aliphatic carbocycles. The van der Waals surface area contributed by atoms with Crippen LogP contribution in [0.2, 0.25) is 0 Å². The quantitative estimate of drug-likeness (QED) is 0.886. The third kappa shape index (κ3) is 3.32. The largest absolute Gasteiger partial charge is 0.360 e. The number of benzene rings is 1. The normalized spacial score (nSPS) is 25.0. The lowest BCUT2D eigenvalue weighted by molar-refractivity contribution is -0.122. The van der Waals surface area contributed by atoms with Gasteiger partial charge < -0.3 is 14.7 Å². The maximum absolute atomic E-state index is 13.5. The van der Waals surface area contributed by atoms with Crippen LogP contribution >= 0.6 is 0 Å². The summed E-state index contributed by atoms with van der Waals surface area (Å²) < 4.78 is 5.37. The van der Waals surface area contributed by atoms with Gasteiger partial charge in [0.05, 0.1) is 17.8 Å². The van der Waals surface area contributed by atoms with Crippen LogP contribution in [0.4, 0.5) is 0 Å². The van der Waals surface area contributed by atoms with Gasteiger partial charge in [-0.05, 0) is 25.3 Å². The zero-order valence-electron chi connectivity index (χ0n) is 16.5. The van der Waals surface area contributed by atoms with Crippen LogP contribution in [-0.4, -0.2) is 40.5 Å². The SMILES string of the molecule is CCc1onc(C)c1C(=O)N1C[C@@H](c2ccccc2)[C@@H]2NC(=O)CCCC[C@H]21. The smallest absolute Gasteiger partial charge is 0.259 e. The maximum atomic E-state index is 13.5. The van der Waals surface area contributed by atoms with E-state index in [-0.39, 0.29) is 29.8 Å². The Morgan fingerprint density at radius 3 is 2.82 bits per heavy atom. The number of aryl methyl sites for hydroxylation is 2. The molecule has 2 fully saturated rings. The van der Waals surface area contributed by atoms with Crippen molar-refractivity contribution in [3.8, 4) is 0 Å². The summed E-state index contributed by atoms with van der Waals surface area (Å²) in [7, 11) is 0. The van der Waals surface area contributed by atoms with E-state index in [4.69, 9.17) is 4.52 Å². The number of hydrogen-bond donors (Lipinski definition) is 1. The Balaban J connectivity index is 1.71. The second kappa shape index (κ2) is 7.78. The van der Waals surface area contributed by atoms with Gasteiger partial charge in [0, 0.05) is 25.3 Å². The molecule has 1 aromatic heterocycles. The Morgan fingerprint density at radius 1 is 1.29 bits per heavy atom. The lowest BCUT2D eigenvalue weighted by atomic mass is 9.88. The lowest BCUT2D eigenvalue weighted by Gasteiger charge is -2.31. The van der Waals surface area contributed by atoms with Crippen LogP contribution in [-0.2, 0) is 11.2 Å². The number of aromatic nitrogens is 1. The lowest BCUT2D eigenvalue weighted by Crippen LogP contribution is -2.49. The van der Waals surface area contributed by atoms with Crippen molar-refractivity contribution in [2.45, 2.75) is 64.0 Å². The van der Waals surface area contributed by atoms with E-state index in [1.165, 1.54) is 0 Å². The molecule has 0 unspecified atom stereocenters. The molecule has 3 atom stereocenters. The predicted molar refractivity (Wildman–Crippen MR) is 105 cm³/mol. The molecule has 0 spiro atoms. The fraction of sp³-hybridized carbons (Fsp3) is 0.500. The molecule has 6 heteroatoms. The Kier molecular flexibility index (Phi) is 5.20. The summed E-state index contributed by atoms with van der Waals surface area (Å²) in [4.78, 5) is 27.9. The molecule has 148 valence electrons. The van der Waals surface area contributed by atoms with Crippen LogP contribution in [0.5, 0.6) is 0 Å². The van der Waals surface area contributed by atoms with Crippen molar-refractivity contribution in [3.63, 3.8) is 0 Å². The molecular weight excluding hydrogens is 354 g/mol. The van der Waals surface area contributed by atoms with Gasteiger partial charge in [0.2, 0.25) is 5.91 Å². The van der Waals surface area contributed by atoms with Crippen molar-refractivity contribution in [2.24, 2.45) is 0 Å². The first-order valence-corrected chi connectivity index (χ1v) is 10.2. The topological polar surface area (TPSA) is 75.4 Å². The summed E-state index contributed by atoms with van der Waals surface area (Å²) >= 11 is 0. The standard InChI is InChI=1S/C22H27N3O3/c1-3-18-20(14(2)24-28-18)22(27)25-13-16(15-9-5-4-6-10-15)21-17(25)11-7-8-12-19(26)23-21/h4-6,9-10,16-17,21H,3,7-8,11-13H2,1-2H3,(H,23,26)/t16-,17+,21-/m0/s1. The van der Waals surface area contributed by atoms with E-state index in [2.05, 4.69) is 22.6 Å². The zero-order valence-corrected chi connectivity index (χ0v) is 16.5. The second-order valence-corrected chi connectivity index (χ2v) is 7.80. The number of rotatable bonds is 3. The number of amides is 2. The van der Waals surface area contributed by atoms with E-state index >= 15 is 0 Å². The predicted octanol–water partition coefficient (Wildman–Crippen LogP) is 3.21. The first-order chi connectivity index (χ1) is 13.6. The van der Waals surface area contributed by atoms with Crippen molar-refractivity contribution in [2.75, 3.05) is 6.54 Å². The second-order valence-electron chi connectivity index (χ2n) is 7.80. The van der Waals surface area contributed by atoms with E-state index in [1.54, 1.807) is 0 Å². The molecule has 2 aliphatic heterocycles. The Bertz CT molecular complexity index is 861. The highest BCUT2D eigenvalue weighted by Gasteiger charge is 2.46. The van der Waals surface area contributed by atoms with E-state index in [9.17, 15) is 9.59 Å². The van der Waals surface area contributed by atoms with Crippen molar-refractivity contribution >= 4 is 11.8 Å². The third-order valence-corrected chi connectivity index (χ3v) is 6.08. The van der Waals surface area contributed by atoms with Crippen molar-refractivity contribution in [3.05, 3.63) is 52.9 Å². The van der Waals surface area contributed by atoms with Gasteiger partial charge in [0.1, 0.15) is 11.3 Å². The van der Waals surface area contributed by atoms with Gasteiger partial charge in [-0.15, -0.1) is 0 Å². The molecule has 2 saturated heterocycles. The van der Waals surface area contributed by atoms with Crippen LogP contribution in [0.1, 0.15) is 65.9 Å². The summed E-state index contributed by atoms with van der Waals surface area (Å²) in [6.45, 7) is 4.37. The van der Waals surface area contributed by atoms with Gasteiger partial charge >= 0.3 is 0 Å². The highest BCUT2D eigenvalue weighted by Crippen LogP contribution is 2.37. The third-order valence-electron chi connectivity index (χ3n) is 6.08. The van der Waals surface area contributed by atoms with Gasteiger partial charge in [-0.25, -0.2) is 0 Å². The van der Waals surface area contributed by atoms with E-state index in [0.29, 0.717) is 36.4 Å². The summed E-state index contributed by atoms with van der Waals surface area (Å²) in [5.41, 5.74) is 2.38. The molecule has 1 aromatic carbocycles. The first-order valence-electron chi connectivity index (χ1n) is 10.2. The van der Waals surface area contributed by atoms with Gasteiger partial charge in [-0.3, -0.25) is 9.59 Å². The molecule has 2 amide bonds. The van der Waals surface area contributed by atoms with Gasteiger partial charge in [-0.1, -0.05) is 48.8 Å². The summed E-state index contributed by atoms with van der Waals surface area (Å²) in [6, 6.07) is 10.1. The van der Waals surface area contributed by atoms with Crippen LogP contribution in [0.25, 0.3) is 0 Å². The molecule has 2 aromatic rings. The summed E-state index contributed by atoms with van der Waals surface area (Å²) in [5, 5.41) is 7.25. The average molecular weight is 381 g/mol. The molecule has 0 saturated carbocycles. The molecule has 28 heavy (non-hydrogen) atoms. The average Bonchev–Trinajstić information content (AvgIpc) is 3.24. The van der Waals surface area contributed by atoms with Crippen LogP contribution in [0, 0.1) is 6.92 Å². The first kappa shape index (κ1) is 18.7. The molecule has 4 rings (SSSR count). The summed E-state index contributed by atoms with van der Waals surface area (Å²) in [6.07, 6.45) is 3.89. The van der Waals surface area contributed by atoms with Gasteiger partial charge in [-0.2, -0.15) is 0 Å². The minimum atomic E-state index is -0.0654. The minimum absolute atomic E-state index is 0.0130. The number of nitrogens with zero attached hydrogens (tertiary/aromatic N) is 2. The van der Waals surface area contributed by atoms with E-state index in [1.807, 2.05) is 36.9 Å². The molecule has 0 radical (unpaired) electrons. The fourth-order valence-electron chi connectivity index (χ4n) is 4.67. The Morgan fingerprint density at radius 2 is 2.07 bits per heavy atom. The molecule has 0 bridgehead atoms. The number of carbonyl (C=O) groups excluding carboxylic acids is 2. The van der Waals surface area contributed by atoms with Crippen LogP contribution < -0.4 is 5.32 Å². The van der Waals surface area contributed by atoms with Crippen molar-refractivity contribution in [1.29, 1.82) is 0 Å².